The minimum atomic E-state index is 0.599. The Hall–Kier alpha value is -1.98. The Kier molecular flexibility index (Phi) is 4.13. The highest BCUT2D eigenvalue weighted by atomic mass is 32.2. The number of fused-ring (bicyclic) bond motifs is 1. The van der Waals surface area contributed by atoms with Crippen molar-refractivity contribution in [2.75, 3.05) is 13.7 Å². The van der Waals surface area contributed by atoms with Crippen molar-refractivity contribution in [2.45, 2.75) is 16.3 Å². The second-order valence-corrected chi connectivity index (χ2v) is 5.61. The van der Waals surface area contributed by atoms with Gasteiger partial charge in [-0.25, -0.2) is 4.98 Å². The average molecular weight is 299 g/mol. The molecule has 2 heterocycles. The molecule has 4 nitrogen and oxygen atoms in total. The van der Waals surface area contributed by atoms with Crippen molar-refractivity contribution in [1.29, 1.82) is 0 Å². The molecule has 2 aromatic heterocycles. The lowest BCUT2D eigenvalue weighted by atomic mass is 10.3. The van der Waals surface area contributed by atoms with Gasteiger partial charge < -0.3 is 14.9 Å². The maximum absolute atomic E-state index is 5.75. The number of aromatic nitrogens is 2. The molecule has 108 valence electrons. The standard InChI is InChI=1S/C16H17N3OS/c1-20-13-6-2-3-7-14(13)21-16-12(9-10-17)19-11-5-4-8-15(19)18-16/h2-8,11H,9-10,17H2,1H3. The number of ether oxygens (including phenoxy) is 1. The second-order valence-electron chi connectivity index (χ2n) is 4.58. The summed E-state index contributed by atoms with van der Waals surface area (Å²) in [6.45, 7) is 0.599. The van der Waals surface area contributed by atoms with E-state index in [1.807, 2.05) is 48.7 Å². The molecule has 3 rings (SSSR count). The molecule has 0 aliphatic carbocycles. The van der Waals surface area contributed by atoms with Crippen molar-refractivity contribution >= 4 is 17.4 Å². The minimum absolute atomic E-state index is 0.599. The van der Waals surface area contributed by atoms with Crippen molar-refractivity contribution in [3.05, 3.63) is 54.4 Å². The van der Waals surface area contributed by atoms with Gasteiger partial charge in [-0.3, -0.25) is 0 Å². The van der Waals surface area contributed by atoms with Gasteiger partial charge in [0.25, 0.3) is 0 Å². The summed E-state index contributed by atoms with van der Waals surface area (Å²) in [5.74, 6) is 0.859. The first-order valence-corrected chi connectivity index (χ1v) is 7.62. The Morgan fingerprint density at radius 3 is 2.81 bits per heavy atom. The quantitative estimate of drug-likeness (QED) is 0.787. The summed E-state index contributed by atoms with van der Waals surface area (Å²) < 4.78 is 7.51. The van der Waals surface area contributed by atoms with Crippen molar-refractivity contribution < 1.29 is 4.74 Å². The summed E-state index contributed by atoms with van der Waals surface area (Å²) in [5.41, 5.74) is 7.84. The number of nitrogens with zero attached hydrogens (tertiary/aromatic N) is 2. The van der Waals surface area contributed by atoms with Gasteiger partial charge in [0.15, 0.2) is 0 Å². The van der Waals surface area contributed by atoms with E-state index in [9.17, 15) is 0 Å². The van der Waals surface area contributed by atoms with Gasteiger partial charge in [0, 0.05) is 12.6 Å². The maximum atomic E-state index is 5.75. The summed E-state index contributed by atoms with van der Waals surface area (Å²) in [6, 6.07) is 14.0. The van der Waals surface area contributed by atoms with Gasteiger partial charge in [0.1, 0.15) is 16.4 Å². The predicted octanol–water partition coefficient (Wildman–Crippen LogP) is 3.00. The molecule has 0 unspecified atom stereocenters. The van der Waals surface area contributed by atoms with Crippen LogP contribution in [0.2, 0.25) is 0 Å². The van der Waals surface area contributed by atoms with Crippen molar-refractivity contribution in [3.63, 3.8) is 0 Å². The zero-order valence-electron chi connectivity index (χ0n) is 11.8. The average Bonchev–Trinajstić information content (AvgIpc) is 2.86. The molecule has 2 N–H and O–H groups in total. The molecule has 3 aromatic rings. The Morgan fingerprint density at radius 1 is 1.19 bits per heavy atom. The summed E-state index contributed by atoms with van der Waals surface area (Å²) in [4.78, 5) is 5.77. The topological polar surface area (TPSA) is 52.5 Å². The van der Waals surface area contributed by atoms with Crippen LogP contribution >= 0.6 is 11.8 Å². The largest absolute Gasteiger partial charge is 0.496 e. The molecule has 0 aliphatic rings. The van der Waals surface area contributed by atoms with Crippen LogP contribution in [0.15, 0.2) is 58.6 Å². The molecular weight excluding hydrogens is 282 g/mol. The number of hydrogen-bond donors (Lipinski definition) is 1. The molecule has 0 saturated heterocycles. The molecule has 5 heteroatoms. The van der Waals surface area contributed by atoms with Gasteiger partial charge in [0.2, 0.25) is 0 Å². The van der Waals surface area contributed by atoms with E-state index in [2.05, 4.69) is 4.40 Å². The summed E-state index contributed by atoms with van der Waals surface area (Å²) in [6.07, 6.45) is 2.82. The fourth-order valence-corrected chi connectivity index (χ4v) is 3.34. The van der Waals surface area contributed by atoms with Gasteiger partial charge in [0.05, 0.1) is 17.7 Å². The highest BCUT2D eigenvalue weighted by molar-refractivity contribution is 7.99. The minimum Gasteiger partial charge on any atom is -0.496 e. The number of rotatable bonds is 5. The smallest absolute Gasteiger partial charge is 0.138 e. The van der Waals surface area contributed by atoms with Gasteiger partial charge in [-0.1, -0.05) is 30.0 Å². The fourth-order valence-electron chi connectivity index (χ4n) is 2.28. The normalized spacial score (nSPS) is 11.0. The van der Waals surface area contributed by atoms with Crippen molar-refractivity contribution in [3.8, 4) is 5.75 Å². The van der Waals surface area contributed by atoms with E-state index in [0.717, 1.165) is 33.4 Å². The monoisotopic (exact) mass is 299 g/mol. The Labute approximate surface area is 127 Å². The third kappa shape index (κ3) is 2.75. The Bertz CT molecular complexity index is 754. The van der Waals surface area contributed by atoms with Crippen LogP contribution in [0.25, 0.3) is 5.65 Å². The van der Waals surface area contributed by atoms with E-state index in [4.69, 9.17) is 15.5 Å². The SMILES string of the molecule is COc1ccccc1Sc1nc2ccccn2c1CCN. The van der Waals surface area contributed by atoms with Gasteiger partial charge >= 0.3 is 0 Å². The van der Waals surface area contributed by atoms with E-state index in [-0.39, 0.29) is 0 Å². The summed E-state index contributed by atoms with van der Waals surface area (Å²) in [5, 5.41) is 0.983. The lowest BCUT2D eigenvalue weighted by Crippen LogP contribution is -2.05. The number of hydrogen-bond acceptors (Lipinski definition) is 4. The molecule has 0 radical (unpaired) electrons. The molecule has 0 saturated carbocycles. The molecule has 0 fully saturated rings. The summed E-state index contributed by atoms with van der Waals surface area (Å²) in [7, 11) is 1.68. The molecule has 1 aromatic carbocycles. The first-order valence-electron chi connectivity index (χ1n) is 6.80. The van der Waals surface area contributed by atoms with Gasteiger partial charge in [-0.15, -0.1) is 0 Å². The molecule has 0 bridgehead atoms. The fraction of sp³-hybridized carbons (Fsp3) is 0.188. The maximum Gasteiger partial charge on any atom is 0.138 e. The van der Waals surface area contributed by atoms with Gasteiger partial charge in [-0.2, -0.15) is 0 Å². The second kappa shape index (κ2) is 6.20. The number of para-hydroxylation sites is 1. The van der Waals surface area contributed by atoms with Crippen LogP contribution in [-0.2, 0) is 6.42 Å². The number of nitrogens with two attached hydrogens (primary N) is 1. The van der Waals surface area contributed by atoms with E-state index in [0.29, 0.717) is 6.54 Å². The molecule has 0 atom stereocenters. The van der Waals surface area contributed by atoms with Crippen LogP contribution < -0.4 is 10.5 Å². The zero-order valence-corrected chi connectivity index (χ0v) is 12.6. The zero-order chi connectivity index (χ0) is 14.7. The van der Waals surface area contributed by atoms with Crippen molar-refractivity contribution in [2.24, 2.45) is 5.73 Å². The Morgan fingerprint density at radius 2 is 2.00 bits per heavy atom. The van der Waals surface area contributed by atoms with Crippen LogP contribution in [0.1, 0.15) is 5.69 Å². The van der Waals surface area contributed by atoms with Crippen LogP contribution in [0, 0.1) is 0 Å². The summed E-state index contributed by atoms with van der Waals surface area (Å²) >= 11 is 1.62. The molecule has 0 amide bonds. The first kappa shape index (κ1) is 14.0. The third-order valence-corrected chi connectivity index (χ3v) is 4.33. The van der Waals surface area contributed by atoms with Crippen LogP contribution in [0.5, 0.6) is 5.75 Å². The molecule has 0 spiro atoms. The molecular formula is C16H17N3OS. The van der Waals surface area contributed by atoms with Crippen LogP contribution in [0.3, 0.4) is 0 Å². The predicted molar refractivity (Wildman–Crippen MR) is 85.1 cm³/mol. The van der Waals surface area contributed by atoms with Crippen LogP contribution in [-0.4, -0.2) is 23.0 Å². The lowest BCUT2D eigenvalue weighted by Gasteiger charge is -2.07. The van der Waals surface area contributed by atoms with E-state index < -0.39 is 0 Å². The molecule has 0 aliphatic heterocycles. The lowest BCUT2D eigenvalue weighted by molar-refractivity contribution is 0.405. The van der Waals surface area contributed by atoms with E-state index in [1.54, 1.807) is 18.9 Å². The number of pyridine rings is 1. The highest BCUT2D eigenvalue weighted by Gasteiger charge is 2.14. The van der Waals surface area contributed by atoms with E-state index in [1.165, 1.54) is 0 Å². The first-order chi connectivity index (χ1) is 10.3. The van der Waals surface area contributed by atoms with E-state index >= 15 is 0 Å². The number of benzene rings is 1. The number of imidazole rings is 1. The molecule has 21 heavy (non-hydrogen) atoms. The number of methoxy groups -OCH3 is 1. The highest BCUT2D eigenvalue weighted by Crippen LogP contribution is 2.36. The van der Waals surface area contributed by atoms with Gasteiger partial charge in [-0.05, 0) is 30.8 Å². The van der Waals surface area contributed by atoms with Crippen molar-refractivity contribution in [1.82, 2.24) is 9.38 Å². The third-order valence-electron chi connectivity index (χ3n) is 3.25. The van der Waals surface area contributed by atoms with Crippen LogP contribution in [0.4, 0.5) is 0 Å². The Balaban J connectivity index is 2.05.